The minimum atomic E-state index is -0.199. The highest BCUT2D eigenvalue weighted by Crippen LogP contribution is 2.33. The van der Waals surface area contributed by atoms with E-state index in [1.54, 1.807) is 17.5 Å². The van der Waals surface area contributed by atoms with Crippen LogP contribution >= 0.6 is 22.9 Å². The number of halogens is 1. The third-order valence-corrected chi connectivity index (χ3v) is 4.12. The summed E-state index contributed by atoms with van der Waals surface area (Å²) in [6.45, 7) is 0. The number of fused-ring (bicyclic) bond motifs is 1. The average Bonchev–Trinajstić information content (AvgIpc) is 2.82. The van der Waals surface area contributed by atoms with Crippen molar-refractivity contribution in [3.05, 3.63) is 59.2 Å². The number of pyridine rings is 1. The van der Waals surface area contributed by atoms with Crippen molar-refractivity contribution < 1.29 is 0 Å². The van der Waals surface area contributed by atoms with Crippen molar-refractivity contribution in [1.29, 1.82) is 0 Å². The Morgan fingerprint density at radius 3 is 2.65 bits per heavy atom. The largest absolute Gasteiger partial charge is 0.244 e. The van der Waals surface area contributed by atoms with Gasteiger partial charge in [-0.2, -0.15) is 0 Å². The van der Waals surface area contributed by atoms with Crippen LogP contribution in [0.25, 0.3) is 10.3 Å². The van der Waals surface area contributed by atoms with Gasteiger partial charge in [-0.15, -0.1) is 11.6 Å². The van der Waals surface area contributed by atoms with Gasteiger partial charge in [0.15, 0.2) is 0 Å². The zero-order valence-corrected chi connectivity index (χ0v) is 10.4. The minimum Gasteiger partial charge on any atom is -0.244 e. The van der Waals surface area contributed by atoms with Crippen LogP contribution in [-0.4, -0.2) is 9.97 Å². The molecular formula is C13H9ClN2S. The molecule has 17 heavy (non-hydrogen) atoms. The molecule has 1 atom stereocenters. The summed E-state index contributed by atoms with van der Waals surface area (Å²) in [5, 5.41) is 0.696. The van der Waals surface area contributed by atoms with Gasteiger partial charge in [-0.1, -0.05) is 41.7 Å². The normalized spacial score (nSPS) is 12.8. The van der Waals surface area contributed by atoms with Crippen molar-refractivity contribution in [3.63, 3.8) is 0 Å². The molecule has 4 heteroatoms. The molecule has 0 saturated carbocycles. The molecule has 3 rings (SSSR count). The Labute approximate surface area is 108 Å². The lowest BCUT2D eigenvalue weighted by atomic mass is 10.1. The van der Waals surface area contributed by atoms with E-state index in [1.165, 1.54) is 0 Å². The highest BCUT2D eigenvalue weighted by atomic mass is 35.5. The van der Waals surface area contributed by atoms with Crippen LogP contribution in [0, 0.1) is 0 Å². The highest BCUT2D eigenvalue weighted by Gasteiger charge is 2.15. The van der Waals surface area contributed by atoms with Crippen molar-refractivity contribution in [2.45, 2.75) is 5.38 Å². The van der Waals surface area contributed by atoms with Gasteiger partial charge in [0, 0.05) is 6.20 Å². The van der Waals surface area contributed by atoms with E-state index in [2.05, 4.69) is 9.97 Å². The van der Waals surface area contributed by atoms with Gasteiger partial charge < -0.3 is 0 Å². The summed E-state index contributed by atoms with van der Waals surface area (Å²) in [4.78, 5) is 9.72. The number of nitrogens with zero attached hydrogens (tertiary/aromatic N) is 2. The lowest BCUT2D eigenvalue weighted by Gasteiger charge is -2.04. The molecule has 3 aromatic rings. The van der Waals surface area contributed by atoms with Crippen molar-refractivity contribution in [2.24, 2.45) is 0 Å². The van der Waals surface area contributed by atoms with Crippen LogP contribution in [0.1, 0.15) is 15.9 Å². The first-order chi connectivity index (χ1) is 8.34. The van der Waals surface area contributed by atoms with Crippen molar-refractivity contribution in [2.75, 3.05) is 0 Å². The third-order valence-electron chi connectivity index (χ3n) is 2.49. The van der Waals surface area contributed by atoms with Crippen LogP contribution in [0.3, 0.4) is 0 Å². The highest BCUT2D eigenvalue weighted by molar-refractivity contribution is 7.18. The minimum absolute atomic E-state index is 0.199. The average molecular weight is 261 g/mol. The van der Waals surface area contributed by atoms with Gasteiger partial charge in [0.25, 0.3) is 0 Å². The van der Waals surface area contributed by atoms with Gasteiger partial charge in [-0.25, -0.2) is 9.97 Å². The molecule has 0 fully saturated rings. The van der Waals surface area contributed by atoms with E-state index in [9.17, 15) is 0 Å². The Balaban J connectivity index is 2.04. The fourth-order valence-corrected chi connectivity index (χ4v) is 2.90. The van der Waals surface area contributed by atoms with E-state index in [4.69, 9.17) is 11.6 Å². The first kappa shape index (κ1) is 10.7. The van der Waals surface area contributed by atoms with Crippen LogP contribution in [0.2, 0.25) is 0 Å². The summed E-state index contributed by atoms with van der Waals surface area (Å²) in [5.74, 6) is 0. The van der Waals surface area contributed by atoms with E-state index >= 15 is 0 Å². The fraction of sp³-hybridized carbons (Fsp3) is 0.0769. The zero-order chi connectivity index (χ0) is 11.7. The molecule has 2 aromatic heterocycles. The van der Waals surface area contributed by atoms with Gasteiger partial charge in [0.2, 0.25) is 0 Å². The molecule has 0 aliphatic rings. The molecule has 0 aliphatic heterocycles. The maximum absolute atomic E-state index is 6.42. The summed E-state index contributed by atoms with van der Waals surface area (Å²) in [5.41, 5.74) is 1.97. The van der Waals surface area contributed by atoms with Crippen LogP contribution in [0.5, 0.6) is 0 Å². The van der Waals surface area contributed by atoms with Crippen molar-refractivity contribution in [1.82, 2.24) is 9.97 Å². The first-order valence-electron chi connectivity index (χ1n) is 5.25. The molecule has 0 N–H and O–H groups in total. The van der Waals surface area contributed by atoms with Gasteiger partial charge in [0.1, 0.15) is 20.7 Å². The topological polar surface area (TPSA) is 25.8 Å². The molecule has 0 aliphatic carbocycles. The molecule has 0 radical (unpaired) electrons. The van der Waals surface area contributed by atoms with E-state index in [0.717, 1.165) is 20.9 Å². The smallest absolute Gasteiger partial charge is 0.143 e. The Morgan fingerprint density at radius 1 is 1.06 bits per heavy atom. The Hall–Kier alpha value is -1.45. The van der Waals surface area contributed by atoms with E-state index in [-0.39, 0.29) is 5.38 Å². The lowest BCUT2D eigenvalue weighted by Crippen LogP contribution is -1.91. The number of aromatic nitrogens is 2. The molecule has 0 saturated heterocycles. The summed E-state index contributed by atoms with van der Waals surface area (Å²) < 4.78 is 0. The van der Waals surface area contributed by atoms with Crippen LogP contribution in [0.15, 0.2) is 48.7 Å². The Bertz CT molecular complexity index is 603. The second kappa shape index (κ2) is 4.43. The second-order valence-corrected chi connectivity index (χ2v) is 5.10. The summed E-state index contributed by atoms with van der Waals surface area (Å²) in [6, 6.07) is 13.8. The SMILES string of the molecule is ClC(c1ccccc1)c1nc2cccnc2s1. The summed E-state index contributed by atoms with van der Waals surface area (Å²) in [7, 11) is 0. The quantitative estimate of drug-likeness (QED) is 0.651. The maximum atomic E-state index is 6.42. The van der Waals surface area contributed by atoms with Crippen LogP contribution < -0.4 is 0 Å². The standard InChI is InChI=1S/C13H9ClN2S/c14-11(9-5-2-1-3-6-9)13-16-10-7-4-8-15-12(10)17-13/h1-8,11H. The molecule has 2 nitrogen and oxygen atoms in total. The number of hydrogen-bond donors (Lipinski definition) is 0. The van der Waals surface area contributed by atoms with Gasteiger partial charge >= 0.3 is 0 Å². The van der Waals surface area contributed by atoms with Crippen molar-refractivity contribution in [3.8, 4) is 0 Å². The number of benzene rings is 1. The van der Waals surface area contributed by atoms with Crippen LogP contribution in [0.4, 0.5) is 0 Å². The van der Waals surface area contributed by atoms with Crippen LogP contribution in [-0.2, 0) is 0 Å². The van der Waals surface area contributed by atoms with Gasteiger partial charge in [-0.3, -0.25) is 0 Å². The molecule has 2 heterocycles. The summed E-state index contributed by atoms with van der Waals surface area (Å²) in [6.07, 6.45) is 1.77. The van der Waals surface area contributed by atoms with Crippen molar-refractivity contribution >= 4 is 33.3 Å². The molecule has 0 amide bonds. The van der Waals surface area contributed by atoms with Gasteiger partial charge in [0.05, 0.1) is 0 Å². The Kier molecular flexibility index (Phi) is 2.79. The lowest BCUT2D eigenvalue weighted by molar-refractivity contribution is 1.11. The number of alkyl halides is 1. The molecule has 0 bridgehead atoms. The number of rotatable bonds is 2. The zero-order valence-electron chi connectivity index (χ0n) is 8.88. The predicted octanol–water partition coefficient (Wildman–Crippen LogP) is 4.02. The Morgan fingerprint density at radius 2 is 1.88 bits per heavy atom. The molecule has 1 unspecified atom stereocenters. The van der Waals surface area contributed by atoms with E-state index in [0.29, 0.717) is 0 Å². The third kappa shape index (κ3) is 2.04. The monoisotopic (exact) mass is 260 g/mol. The molecule has 84 valence electrons. The first-order valence-corrected chi connectivity index (χ1v) is 6.50. The predicted molar refractivity (Wildman–Crippen MR) is 71.6 cm³/mol. The molecule has 1 aromatic carbocycles. The fourth-order valence-electron chi connectivity index (χ4n) is 1.66. The van der Waals surface area contributed by atoms with E-state index in [1.807, 2.05) is 42.5 Å². The maximum Gasteiger partial charge on any atom is 0.143 e. The number of thiazole rings is 1. The molecule has 0 spiro atoms. The molecular weight excluding hydrogens is 252 g/mol. The number of hydrogen-bond acceptors (Lipinski definition) is 3. The van der Waals surface area contributed by atoms with E-state index < -0.39 is 0 Å². The van der Waals surface area contributed by atoms with Gasteiger partial charge in [-0.05, 0) is 17.7 Å². The summed E-state index contributed by atoms with van der Waals surface area (Å²) >= 11 is 7.97. The second-order valence-electron chi connectivity index (χ2n) is 3.65.